The van der Waals surface area contributed by atoms with Crippen molar-refractivity contribution >= 4 is 40.1 Å². The molecule has 0 saturated heterocycles. The summed E-state index contributed by atoms with van der Waals surface area (Å²) in [6.45, 7) is 1.41. The summed E-state index contributed by atoms with van der Waals surface area (Å²) in [7, 11) is 1.35. The first kappa shape index (κ1) is 17.4. The first-order valence-electron chi connectivity index (χ1n) is 6.96. The van der Waals surface area contributed by atoms with Gasteiger partial charge in [-0.2, -0.15) is 5.10 Å². The molecule has 0 spiro atoms. The van der Waals surface area contributed by atoms with Crippen molar-refractivity contribution in [2.24, 2.45) is 10.3 Å². The number of rotatable bonds is 6. The molecule has 2 amide bonds. The second-order valence-electron chi connectivity index (χ2n) is 4.61. The van der Waals surface area contributed by atoms with Crippen molar-refractivity contribution in [3.05, 3.63) is 52.9 Å². The van der Waals surface area contributed by atoms with Gasteiger partial charge in [-0.3, -0.25) is 9.59 Å². The zero-order valence-corrected chi connectivity index (χ0v) is 14.0. The number of carbonyl (C=O) groups is 2. The normalized spacial score (nSPS) is 11.3. The van der Waals surface area contributed by atoms with E-state index in [0.29, 0.717) is 10.6 Å². The molecule has 1 heterocycles. The molecule has 0 unspecified atom stereocenters. The number of amides is 2. The Morgan fingerprint density at radius 2 is 2.00 bits per heavy atom. The fourth-order valence-corrected chi connectivity index (χ4v) is 2.60. The van der Waals surface area contributed by atoms with Gasteiger partial charge in [0.15, 0.2) is 5.71 Å². The Labute approximate surface area is 143 Å². The van der Waals surface area contributed by atoms with Gasteiger partial charge < -0.3 is 10.2 Å². The van der Waals surface area contributed by atoms with Crippen molar-refractivity contribution in [3.63, 3.8) is 0 Å². The molecular formula is C16H16N4O3S. The number of hydrogen-bond acceptors (Lipinski definition) is 6. The number of nitrogens with one attached hydrogen (secondary N) is 2. The van der Waals surface area contributed by atoms with Crippen molar-refractivity contribution in [1.82, 2.24) is 5.43 Å². The summed E-state index contributed by atoms with van der Waals surface area (Å²) in [6, 6.07) is 11.0. The van der Waals surface area contributed by atoms with Crippen molar-refractivity contribution in [2.45, 2.75) is 6.92 Å². The van der Waals surface area contributed by atoms with Gasteiger partial charge in [-0.25, -0.2) is 5.43 Å². The third kappa shape index (κ3) is 5.03. The molecule has 0 aliphatic heterocycles. The van der Waals surface area contributed by atoms with Crippen molar-refractivity contribution in [2.75, 3.05) is 12.4 Å². The highest BCUT2D eigenvalue weighted by Gasteiger charge is 2.17. The summed E-state index contributed by atoms with van der Waals surface area (Å²) in [5.41, 5.74) is 3.85. The van der Waals surface area contributed by atoms with Crippen LogP contribution >= 0.6 is 11.3 Å². The van der Waals surface area contributed by atoms with Gasteiger partial charge in [-0.05, 0) is 11.6 Å². The second kappa shape index (κ2) is 8.59. The minimum absolute atomic E-state index is 0.0653. The Morgan fingerprint density at radius 1 is 1.25 bits per heavy atom. The van der Waals surface area contributed by atoms with Crippen LogP contribution in [0.15, 0.2) is 52.0 Å². The monoisotopic (exact) mass is 344 g/mol. The number of anilines is 1. The summed E-state index contributed by atoms with van der Waals surface area (Å²) < 4.78 is 0. The Bertz CT molecular complexity index is 769. The highest BCUT2D eigenvalue weighted by Crippen LogP contribution is 2.21. The third-order valence-electron chi connectivity index (χ3n) is 2.75. The molecule has 124 valence electrons. The Hall–Kier alpha value is -3.00. The van der Waals surface area contributed by atoms with Crippen LogP contribution in [-0.4, -0.2) is 30.9 Å². The average Bonchev–Trinajstić information content (AvgIpc) is 3.00. The summed E-state index contributed by atoms with van der Waals surface area (Å²) in [6.07, 6.45) is 1.53. The van der Waals surface area contributed by atoms with E-state index in [1.165, 1.54) is 31.6 Å². The Kier molecular flexibility index (Phi) is 6.21. The number of nitrogens with zero attached hydrogens (tertiary/aromatic N) is 2. The lowest BCUT2D eigenvalue weighted by atomic mass is 10.2. The molecule has 2 N–H and O–H groups in total. The topological polar surface area (TPSA) is 92.2 Å². The minimum atomic E-state index is -0.517. The van der Waals surface area contributed by atoms with Crippen LogP contribution in [0.1, 0.15) is 18.1 Å². The van der Waals surface area contributed by atoms with Crippen molar-refractivity contribution in [3.8, 4) is 0 Å². The average molecular weight is 344 g/mol. The molecule has 8 heteroatoms. The molecule has 1 aromatic heterocycles. The minimum Gasteiger partial charge on any atom is -0.398 e. The van der Waals surface area contributed by atoms with Crippen LogP contribution in [0, 0.1) is 0 Å². The fourth-order valence-electron chi connectivity index (χ4n) is 1.77. The lowest BCUT2D eigenvalue weighted by Crippen LogP contribution is -2.28. The van der Waals surface area contributed by atoms with E-state index in [1.54, 1.807) is 11.4 Å². The van der Waals surface area contributed by atoms with Gasteiger partial charge in [0.1, 0.15) is 7.11 Å². The van der Waals surface area contributed by atoms with Crippen LogP contribution in [0.3, 0.4) is 0 Å². The molecular weight excluding hydrogens is 328 g/mol. The zero-order valence-electron chi connectivity index (χ0n) is 13.1. The quantitative estimate of drug-likeness (QED) is 0.621. The van der Waals surface area contributed by atoms with Gasteiger partial charge in [0, 0.05) is 17.9 Å². The molecule has 0 aliphatic carbocycles. The SMILES string of the molecule is CON=C(C(=O)NN=Cc1ccccc1)c1csc(NC(C)=O)c1. The van der Waals surface area contributed by atoms with Gasteiger partial charge >= 0.3 is 0 Å². The predicted octanol–water partition coefficient (Wildman–Crippen LogP) is 2.21. The molecule has 1 aromatic carbocycles. The van der Waals surface area contributed by atoms with E-state index >= 15 is 0 Å². The van der Waals surface area contributed by atoms with E-state index in [9.17, 15) is 9.59 Å². The summed E-state index contributed by atoms with van der Waals surface area (Å²) in [4.78, 5) is 28.0. The van der Waals surface area contributed by atoms with E-state index < -0.39 is 5.91 Å². The van der Waals surface area contributed by atoms with Crippen molar-refractivity contribution in [1.29, 1.82) is 0 Å². The number of thiophene rings is 1. The lowest BCUT2D eigenvalue weighted by molar-refractivity contribution is -0.115. The number of hydrogen-bond donors (Lipinski definition) is 2. The number of hydrazone groups is 1. The van der Waals surface area contributed by atoms with Gasteiger partial charge in [0.05, 0.1) is 11.2 Å². The predicted molar refractivity (Wildman–Crippen MR) is 94.3 cm³/mol. The summed E-state index contributed by atoms with van der Waals surface area (Å²) in [5.74, 6) is -0.707. The van der Waals surface area contributed by atoms with Crippen LogP contribution in [0.5, 0.6) is 0 Å². The third-order valence-corrected chi connectivity index (χ3v) is 3.59. The first-order chi connectivity index (χ1) is 11.6. The maximum absolute atomic E-state index is 12.2. The number of oxime groups is 1. The Balaban J connectivity index is 2.08. The maximum Gasteiger partial charge on any atom is 0.294 e. The highest BCUT2D eigenvalue weighted by molar-refractivity contribution is 7.14. The van der Waals surface area contributed by atoms with Crippen LogP contribution in [-0.2, 0) is 14.4 Å². The van der Waals surface area contributed by atoms with Crippen LogP contribution in [0.2, 0.25) is 0 Å². The van der Waals surface area contributed by atoms with E-state index in [1.807, 2.05) is 30.3 Å². The zero-order chi connectivity index (χ0) is 17.4. The van der Waals surface area contributed by atoms with Gasteiger partial charge in [0.2, 0.25) is 5.91 Å². The second-order valence-corrected chi connectivity index (χ2v) is 5.52. The molecule has 2 aromatic rings. The van der Waals surface area contributed by atoms with E-state index in [4.69, 9.17) is 4.84 Å². The lowest BCUT2D eigenvalue weighted by Gasteiger charge is -2.02. The van der Waals surface area contributed by atoms with Gasteiger partial charge in [-0.15, -0.1) is 11.3 Å². The molecule has 0 bridgehead atoms. The molecule has 0 saturated carbocycles. The summed E-state index contributed by atoms with van der Waals surface area (Å²) in [5, 5.41) is 12.6. The van der Waals surface area contributed by atoms with Gasteiger partial charge in [0.25, 0.3) is 5.91 Å². The molecule has 2 rings (SSSR count). The highest BCUT2D eigenvalue weighted by atomic mass is 32.1. The Morgan fingerprint density at radius 3 is 2.67 bits per heavy atom. The first-order valence-corrected chi connectivity index (χ1v) is 7.84. The molecule has 0 aliphatic rings. The van der Waals surface area contributed by atoms with E-state index in [-0.39, 0.29) is 11.6 Å². The molecule has 7 nitrogen and oxygen atoms in total. The standard InChI is InChI=1S/C16H16N4O3S/c1-11(21)18-14-8-13(10-24-14)15(20-23-2)16(22)19-17-9-12-6-4-3-5-7-12/h3-10H,1-2H3,(H,18,21)(H,19,22). The maximum atomic E-state index is 12.2. The number of benzene rings is 1. The van der Waals surface area contributed by atoms with E-state index in [0.717, 1.165) is 5.56 Å². The molecule has 0 fully saturated rings. The van der Waals surface area contributed by atoms with Crippen molar-refractivity contribution < 1.29 is 14.4 Å². The smallest absolute Gasteiger partial charge is 0.294 e. The number of carbonyl (C=O) groups excluding carboxylic acids is 2. The van der Waals surface area contributed by atoms with Crippen LogP contribution in [0.4, 0.5) is 5.00 Å². The largest absolute Gasteiger partial charge is 0.398 e. The molecule has 24 heavy (non-hydrogen) atoms. The molecule has 0 radical (unpaired) electrons. The fraction of sp³-hybridized carbons (Fsp3) is 0.125. The molecule has 0 atom stereocenters. The van der Waals surface area contributed by atoms with Crippen LogP contribution in [0.25, 0.3) is 0 Å². The summed E-state index contributed by atoms with van der Waals surface area (Å²) >= 11 is 1.28. The van der Waals surface area contributed by atoms with Crippen LogP contribution < -0.4 is 10.7 Å². The van der Waals surface area contributed by atoms with Gasteiger partial charge in [-0.1, -0.05) is 35.5 Å². The van der Waals surface area contributed by atoms with E-state index in [2.05, 4.69) is 21.0 Å².